The SMILES string of the molecule is CCC(CO)NC(=O)c1cc(Cl)ccc1N. The van der Waals surface area contributed by atoms with Crippen molar-refractivity contribution in [2.24, 2.45) is 0 Å². The van der Waals surface area contributed by atoms with Crippen LogP contribution >= 0.6 is 11.6 Å². The maximum Gasteiger partial charge on any atom is 0.253 e. The summed E-state index contributed by atoms with van der Waals surface area (Å²) in [5, 5.41) is 12.1. The van der Waals surface area contributed by atoms with Crippen molar-refractivity contribution < 1.29 is 9.90 Å². The minimum Gasteiger partial charge on any atom is -0.398 e. The van der Waals surface area contributed by atoms with E-state index in [0.717, 1.165) is 0 Å². The molecule has 0 spiro atoms. The van der Waals surface area contributed by atoms with E-state index >= 15 is 0 Å². The molecule has 0 fully saturated rings. The van der Waals surface area contributed by atoms with Gasteiger partial charge in [-0.1, -0.05) is 18.5 Å². The Morgan fingerprint density at radius 2 is 2.31 bits per heavy atom. The molecule has 0 heterocycles. The van der Waals surface area contributed by atoms with Crippen LogP contribution in [-0.2, 0) is 0 Å². The van der Waals surface area contributed by atoms with Gasteiger partial charge in [0.1, 0.15) is 0 Å². The molecule has 0 radical (unpaired) electrons. The highest BCUT2D eigenvalue weighted by atomic mass is 35.5. The fourth-order valence-corrected chi connectivity index (χ4v) is 1.44. The Labute approximate surface area is 99.4 Å². The quantitative estimate of drug-likeness (QED) is 0.699. The van der Waals surface area contributed by atoms with Crippen LogP contribution in [0.3, 0.4) is 0 Å². The van der Waals surface area contributed by atoms with E-state index in [1.807, 2.05) is 6.92 Å². The molecule has 1 atom stereocenters. The normalized spacial score (nSPS) is 12.2. The van der Waals surface area contributed by atoms with E-state index in [0.29, 0.717) is 22.7 Å². The summed E-state index contributed by atoms with van der Waals surface area (Å²) in [6.07, 6.45) is 0.655. The first kappa shape index (κ1) is 12.8. The molecule has 1 rings (SSSR count). The predicted octanol–water partition coefficient (Wildman–Crippen LogP) is 1.42. The van der Waals surface area contributed by atoms with Gasteiger partial charge >= 0.3 is 0 Å². The number of benzene rings is 1. The molecule has 0 aliphatic heterocycles. The lowest BCUT2D eigenvalue weighted by Crippen LogP contribution is -2.37. The first-order valence-corrected chi connectivity index (χ1v) is 5.43. The zero-order valence-corrected chi connectivity index (χ0v) is 9.79. The van der Waals surface area contributed by atoms with E-state index in [-0.39, 0.29) is 18.6 Å². The van der Waals surface area contributed by atoms with Crippen LogP contribution < -0.4 is 11.1 Å². The van der Waals surface area contributed by atoms with Gasteiger partial charge in [0.25, 0.3) is 5.91 Å². The minimum atomic E-state index is -0.319. The summed E-state index contributed by atoms with van der Waals surface area (Å²) in [5.74, 6) is -0.319. The number of nitrogen functional groups attached to an aromatic ring is 1. The number of aliphatic hydroxyl groups is 1. The van der Waals surface area contributed by atoms with Crippen LogP contribution in [0.15, 0.2) is 18.2 Å². The second-order valence-corrected chi connectivity index (χ2v) is 3.93. The van der Waals surface area contributed by atoms with E-state index in [1.54, 1.807) is 12.1 Å². The van der Waals surface area contributed by atoms with E-state index in [2.05, 4.69) is 5.32 Å². The first-order valence-electron chi connectivity index (χ1n) is 5.05. The summed E-state index contributed by atoms with van der Waals surface area (Å²) in [4.78, 5) is 11.8. The van der Waals surface area contributed by atoms with Crippen molar-refractivity contribution in [2.45, 2.75) is 19.4 Å². The van der Waals surface area contributed by atoms with Gasteiger partial charge < -0.3 is 16.2 Å². The van der Waals surface area contributed by atoms with Gasteiger partial charge in [-0.2, -0.15) is 0 Å². The zero-order valence-electron chi connectivity index (χ0n) is 9.03. The topological polar surface area (TPSA) is 75.3 Å². The van der Waals surface area contributed by atoms with Crippen LogP contribution in [0, 0.1) is 0 Å². The molecule has 0 saturated heterocycles. The number of hydrogen-bond donors (Lipinski definition) is 3. The van der Waals surface area contributed by atoms with Gasteiger partial charge in [-0.05, 0) is 24.6 Å². The summed E-state index contributed by atoms with van der Waals surface area (Å²) in [7, 11) is 0. The number of nitrogens with one attached hydrogen (secondary N) is 1. The highest BCUT2D eigenvalue weighted by molar-refractivity contribution is 6.31. The fraction of sp³-hybridized carbons (Fsp3) is 0.364. The number of nitrogens with two attached hydrogens (primary N) is 1. The lowest BCUT2D eigenvalue weighted by molar-refractivity contribution is 0.0916. The Morgan fingerprint density at radius 1 is 1.62 bits per heavy atom. The van der Waals surface area contributed by atoms with Crippen LogP contribution in [-0.4, -0.2) is 23.7 Å². The molecular weight excluding hydrogens is 228 g/mol. The molecule has 1 amide bonds. The number of carbonyl (C=O) groups excluding carboxylic acids is 1. The van der Waals surface area contributed by atoms with Crippen LogP contribution in [0.5, 0.6) is 0 Å². The molecule has 1 unspecified atom stereocenters. The van der Waals surface area contributed by atoms with E-state index in [1.165, 1.54) is 6.07 Å². The van der Waals surface area contributed by atoms with Gasteiger partial charge in [0, 0.05) is 10.7 Å². The first-order chi connectivity index (χ1) is 7.58. The molecule has 16 heavy (non-hydrogen) atoms. The molecule has 4 nitrogen and oxygen atoms in total. The van der Waals surface area contributed by atoms with Gasteiger partial charge in [0.05, 0.1) is 18.2 Å². The second-order valence-electron chi connectivity index (χ2n) is 3.49. The van der Waals surface area contributed by atoms with Crippen LogP contribution in [0.4, 0.5) is 5.69 Å². The molecule has 1 aromatic carbocycles. The van der Waals surface area contributed by atoms with Gasteiger partial charge in [-0.3, -0.25) is 4.79 Å². The third kappa shape index (κ3) is 3.12. The Bertz CT molecular complexity index is 378. The van der Waals surface area contributed by atoms with Crippen molar-refractivity contribution >= 4 is 23.2 Å². The molecule has 0 aliphatic carbocycles. The average Bonchev–Trinajstić information content (AvgIpc) is 2.28. The Hall–Kier alpha value is -1.26. The standard InChI is InChI=1S/C11H15ClN2O2/c1-2-8(6-15)14-11(16)9-5-7(12)3-4-10(9)13/h3-5,8,15H,2,6,13H2,1H3,(H,14,16). The number of carbonyl (C=O) groups is 1. The highest BCUT2D eigenvalue weighted by Gasteiger charge is 2.13. The minimum absolute atomic E-state index is 0.0945. The van der Waals surface area contributed by atoms with Crippen LogP contribution in [0.1, 0.15) is 23.7 Å². The van der Waals surface area contributed by atoms with Crippen molar-refractivity contribution in [3.8, 4) is 0 Å². The van der Waals surface area contributed by atoms with Gasteiger partial charge in [-0.15, -0.1) is 0 Å². The fourth-order valence-electron chi connectivity index (χ4n) is 1.27. The largest absolute Gasteiger partial charge is 0.398 e. The molecule has 0 aliphatic rings. The van der Waals surface area contributed by atoms with Gasteiger partial charge in [0.15, 0.2) is 0 Å². The Balaban J connectivity index is 2.83. The predicted molar refractivity (Wildman–Crippen MR) is 64.5 cm³/mol. The number of amides is 1. The van der Waals surface area contributed by atoms with E-state index in [4.69, 9.17) is 22.4 Å². The maximum absolute atomic E-state index is 11.8. The lowest BCUT2D eigenvalue weighted by Gasteiger charge is -2.14. The summed E-state index contributed by atoms with van der Waals surface area (Å²) < 4.78 is 0. The number of rotatable bonds is 4. The molecule has 1 aromatic rings. The smallest absolute Gasteiger partial charge is 0.253 e. The summed E-state index contributed by atoms with van der Waals surface area (Å²) in [5.41, 5.74) is 6.37. The van der Waals surface area contributed by atoms with Crippen molar-refractivity contribution in [3.63, 3.8) is 0 Å². The number of anilines is 1. The molecule has 5 heteroatoms. The summed E-state index contributed by atoms with van der Waals surface area (Å²) in [6, 6.07) is 4.45. The average molecular weight is 243 g/mol. The van der Waals surface area contributed by atoms with E-state index in [9.17, 15) is 4.79 Å². The number of halogens is 1. The van der Waals surface area contributed by atoms with Crippen molar-refractivity contribution in [1.82, 2.24) is 5.32 Å². The number of aliphatic hydroxyl groups excluding tert-OH is 1. The zero-order chi connectivity index (χ0) is 12.1. The third-order valence-electron chi connectivity index (χ3n) is 2.31. The van der Waals surface area contributed by atoms with Crippen LogP contribution in [0.25, 0.3) is 0 Å². The maximum atomic E-state index is 11.8. The lowest BCUT2D eigenvalue weighted by atomic mass is 10.1. The third-order valence-corrected chi connectivity index (χ3v) is 2.54. The molecule has 0 saturated carbocycles. The van der Waals surface area contributed by atoms with E-state index < -0.39 is 0 Å². The molecule has 0 aromatic heterocycles. The molecular formula is C11H15ClN2O2. The molecule has 88 valence electrons. The Kier molecular flexibility index (Phi) is 4.58. The monoisotopic (exact) mass is 242 g/mol. The Morgan fingerprint density at radius 3 is 2.88 bits per heavy atom. The van der Waals surface area contributed by atoms with Crippen molar-refractivity contribution in [1.29, 1.82) is 0 Å². The van der Waals surface area contributed by atoms with Crippen LogP contribution in [0.2, 0.25) is 5.02 Å². The molecule has 4 N–H and O–H groups in total. The van der Waals surface area contributed by atoms with Crippen molar-refractivity contribution in [3.05, 3.63) is 28.8 Å². The summed E-state index contributed by atoms with van der Waals surface area (Å²) in [6.45, 7) is 1.78. The highest BCUT2D eigenvalue weighted by Crippen LogP contribution is 2.17. The summed E-state index contributed by atoms with van der Waals surface area (Å²) >= 11 is 5.78. The molecule has 0 bridgehead atoms. The van der Waals surface area contributed by atoms with Gasteiger partial charge in [-0.25, -0.2) is 0 Å². The van der Waals surface area contributed by atoms with Gasteiger partial charge in [0.2, 0.25) is 0 Å². The second kappa shape index (κ2) is 5.72. The number of hydrogen-bond acceptors (Lipinski definition) is 3. The van der Waals surface area contributed by atoms with Crippen molar-refractivity contribution in [2.75, 3.05) is 12.3 Å².